The Morgan fingerprint density at radius 2 is 2.15 bits per heavy atom. The van der Waals surface area contributed by atoms with Gasteiger partial charge in [0.05, 0.1) is 19.2 Å². The molecule has 5 rings (SSSR count). The van der Waals surface area contributed by atoms with Crippen molar-refractivity contribution in [2.45, 2.75) is 44.8 Å². The van der Waals surface area contributed by atoms with Gasteiger partial charge in [-0.2, -0.15) is 4.98 Å². The molecule has 1 amide bonds. The van der Waals surface area contributed by atoms with Gasteiger partial charge in [0.25, 0.3) is 0 Å². The van der Waals surface area contributed by atoms with Crippen molar-refractivity contribution in [3.63, 3.8) is 0 Å². The van der Waals surface area contributed by atoms with Gasteiger partial charge < -0.3 is 15.4 Å². The SMILES string of the molecule is COc1nc(NC2CC(C)(NC(C)=O)C2)nn2ccc(-c3ccc4nnn(CCF)c4c3)c12. The largest absolute Gasteiger partial charge is 0.479 e. The van der Waals surface area contributed by atoms with E-state index in [1.165, 1.54) is 6.92 Å². The topological polar surface area (TPSA) is 111 Å². The van der Waals surface area contributed by atoms with Gasteiger partial charge in [-0.1, -0.05) is 11.3 Å². The second-order valence-corrected chi connectivity index (χ2v) is 8.66. The molecule has 1 aliphatic carbocycles. The summed E-state index contributed by atoms with van der Waals surface area (Å²) in [4.78, 5) is 15.9. The minimum atomic E-state index is -0.514. The Balaban J connectivity index is 1.45. The normalized spacial score (nSPS) is 20.1. The van der Waals surface area contributed by atoms with E-state index in [4.69, 9.17) is 4.74 Å². The summed E-state index contributed by atoms with van der Waals surface area (Å²) in [5.74, 6) is 0.862. The number of halogens is 1. The van der Waals surface area contributed by atoms with Gasteiger partial charge in [-0.15, -0.1) is 10.2 Å². The summed E-state index contributed by atoms with van der Waals surface area (Å²) in [5.41, 5.74) is 3.77. The standard InChI is InChI=1S/C22H25FN8O2/c1-13(32)26-22(2)11-15(12-22)24-21-25-20(33-3)19-16(6-8-31(19)28-21)14-4-5-17-18(10-14)30(9-7-23)29-27-17/h4-6,8,10,15H,7,9,11-12H2,1-3H3,(H,24,28)(H,26,32). The number of nitrogens with one attached hydrogen (secondary N) is 2. The van der Waals surface area contributed by atoms with Gasteiger partial charge in [0.1, 0.15) is 17.7 Å². The van der Waals surface area contributed by atoms with Gasteiger partial charge >= 0.3 is 0 Å². The van der Waals surface area contributed by atoms with Gasteiger partial charge in [-0.05, 0) is 43.5 Å². The van der Waals surface area contributed by atoms with Crippen LogP contribution >= 0.6 is 0 Å². The van der Waals surface area contributed by atoms with Crippen molar-refractivity contribution >= 4 is 28.4 Å². The molecule has 0 saturated heterocycles. The number of aromatic nitrogens is 6. The fourth-order valence-electron chi connectivity index (χ4n) is 4.65. The Morgan fingerprint density at radius 3 is 2.88 bits per heavy atom. The highest BCUT2D eigenvalue weighted by Crippen LogP contribution is 2.35. The highest BCUT2D eigenvalue weighted by atomic mass is 19.1. The van der Waals surface area contributed by atoms with Crippen molar-refractivity contribution in [2.24, 2.45) is 0 Å². The number of methoxy groups -OCH3 is 1. The molecule has 0 aliphatic heterocycles. The van der Waals surface area contributed by atoms with Crippen LogP contribution in [0.5, 0.6) is 5.88 Å². The van der Waals surface area contributed by atoms with Crippen molar-refractivity contribution in [1.82, 2.24) is 34.9 Å². The first-order chi connectivity index (χ1) is 15.9. The lowest BCUT2D eigenvalue weighted by molar-refractivity contribution is -0.121. The zero-order valence-electron chi connectivity index (χ0n) is 18.7. The summed E-state index contributed by atoms with van der Waals surface area (Å²) in [7, 11) is 1.57. The number of nitrogens with zero attached hydrogens (tertiary/aromatic N) is 6. The number of aryl methyl sites for hydroxylation is 1. The van der Waals surface area contributed by atoms with E-state index in [1.54, 1.807) is 16.3 Å². The Bertz CT molecular complexity index is 1340. The molecule has 3 aromatic heterocycles. The fraction of sp³-hybridized carbons (Fsp3) is 0.409. The van der Waals surface area contributed by atoms with E-state index in [0.29, 0.717) is 17.3 Å². The van der Waals surface area contributed by atoms with Crippen molar-refractivity contribution in [3.8, 4) is 17.0 Å². The Kier molecular flexibility index (Phi) is 5.10. The van der Waals surface area contributed by atoms with E-state index in [9.17, 15) is 9.18 Å². The molecule has 3 heterocycles. The second kappa shape index (κ2) is 7.98. The maximum atomic E-state index is 12.9. The van der Waals surface area contributed by atoms with Gasteiger partial charge in [-0.25, -0.2) is 13.6 Å². The first-order valence-corrected chi connectivity index (χ1v) is 10.8. The first-order valence-electron chi connectivity index (χ1n) is 10.8. The highest BCUT2D eigenvalue weighted by Gasteiger charge is 2.41. The van der Waals surface area contributed by atoms with E-state index in [2.05, 4.69) is 31.0 Å². The van der Waals surface area contributed by atoms with E-state index >= 15 is 0 Å². The van der Waals surface area contributed by atoms with E-state index in [1.807, 2.05) is 37.4 Å². The molecule has 1 saturated carbocycles. The number of rotatable bonds is 7. The number of benzene rings is 1. The molecule has 11 heteroatoms. The van der Waals surface area contributed by atoms with Crippen LogP contribution in [-0.2, 0) is 11.3 Å². The molecule has 0 bridgehead atoms. The number of alkyl halides is 1. The molecule has 0 unspecified atom stereocenters. The molecular weight excluding hydrogens is 427 g/mol. The van der Waals surface area contributed by atoms with E-state index < -0.39 is 6.67 Å². The van der Waals surface area contributed by atoms with Crippen LogP contribution in [0, 0.1) is 0 Å². The minimum Gasteiger partial charge on any atom is -0.479 e. The van der Waals surface area contributed by atoms with Crippen LogP contribution in [0.2, 0.25) is 0 Å². The number of carbonyl (C=O) groups is 1. The molecule has 10 nitrogen and oxygen atoms in total. The maximum Gasteiger partial charge on any atom is 0.244 e. The number of fused-ring (bicyclic) bond motifs is 2. The number of anilines is 1. The summed E-state index contributed by atoms with van der Waals surface area (Å²) >= 11 is 0. The molecule has 33 heavy (non-hydrogen) atoms. The van der Waals surface area contributed by atoms with Crippen molar-refractivity contribution in [3.05, 3.63) is 30.5 Å². The Labute approximate surface area is 189 Å². The third-order valence-electron chi connectivity index (χ3n) is 6.00. The maximum absolute atomic E-state index is 12.9. The monoisotopic (exact) mass is 452 g/mol. The van der Waals surface area contributed by atoms with Gasteiger partial charge in [0.2, 0.25) is 17.7 Å². The molecule has 0 spiro atoms. The van der Waals surface area contributed by atoms with Crippen LogP contribution in [-0.4, -0.2) is 60.9 Å². The predicted octanol–water partition coefficient (Wildman–Crippen LogP) is 2.59. The van der Waals surface area contributed by atoms with Crippen molar-refractivity contribution < 1.29 is 13.9 Å². The Morgan fingerprint density at radius 1 is 1.33 bits per heavy atom. The van der Waals surface area contributed by atoms with Crippen molar-refractivity contribution in [1.29, 1.82) is 0 Å². The van der Waals surface area contributed by atoms with Crippen molar-refractivity contribution in [2.75, 3.05) is 19.1 Å². The Hall–Kier alpha value is -3.76. The van der Waals surface area contributed by atoms with Crippen LogP contribution in [0.1, 0.15) is 26.7 Å². The number of ether oxygens (including phenoxy) is 1. The minimum absolute atomic E-state index is 0.0307. The zero-order chi connectivity index (χ0) is 23.2. The van der Waals surface area contributed by atoms with Gasteiger partial charge in [-0.3, -0.25) is 4.79 Å². The second-order valence-electron chi connectivity index (χ2n) is 8.66. The molecule has 172 valence electrons. The number of carbonyl (C=O) groups excluding carboxylic acids is 1. The lowest BCUT2D eigenvalue weighted by Crippen LogP contribution is -2.59. The molecule has 1 aromatic carbocycles. The smallest absolute Gasteiger partial charge is 0.244 e. The zero-order valence-corrected chi connectivity index (χ0v) is 18.7. The molecule has 1 aliphatic rings. The summed E-state index contributed by atoms with van der Waals surface area (Å²) in [6, 6.07) is 7.84. The van der Waals surface area contributed by atoms with Crippen LogP contribution in [0.15, 0.2) is 30.5 Å². The summed E-state index contributed by atoms with van der Waals surface area (Å²) in [6.45, 7) is 3.20. The molecule has 4 aromatic rings. The summed E-state index contributed by atoms with van der Waals surface area (Å²) < 4.78 is 21.8. The highest BCUT2D eigenvalue weighted by molar-refractivity contribution is 5.89. The lowest BCUT2D eigenvalue weighted by atomic mass is 9.74. The molecule has 2 N–H and O–H groups in total. The first kappa shape index (κ1) is 21.1. The van der Waals surface area contributed by atoms with Gasteiger partial charge in [0.15, 0.2) is 0 Å². The quantitative estimate of drug-likeness (QED) is 0.443. The summed E-state index contributed by atoms with van der Waals surface area (Å²) in [5, 5.41) is 19.0. The average molecular weight is 452 g/mol. The van der Waals surface area contributed by atoms with E-state index in [-0.39, 0.29) is 24.0 Å². The molecular formula is C22H25FN8O2. The van der Waals surface area contributed by atoms with Gasteiger partial charge in [0, 0.05) is 30.3 Å². The number of hydrogen-bond donors (Lipinski definition) is 2. The summed E-state index contributed by atoms with van der Waals surface area (Å²) in [6.07, 6.45) is 3.42. The number of amides is 1. The number of hydrogen-bond acceptors (Lipinski definition) is 7. The fourth-order valence-corrected chi connectivity index (χ4v) is 4.65. The van der Waals surface area contributed by atoms with Crippen LogP contribution < -0.4 is 15.4 Å². The van der Waals surface area contributed by atoms with Crippen LogP contribution in [0.25, 0.3) is 27.7 Å². The molecule has 0 atom stereocenters. The van der Waals surface area contributed by atoms with Crippen LogP contribution in [0.4, 0.5) is 10.3 Å². The van der Waals surface area contributed by atoms with E-state index in [0.717, 1.165) is 35.0 Å². The average Bonchev–Trinajstić information content (AvgIpc) is 3.36. The third kappa shape index (κ3) is 3.83. The predicted molar refractivity (Wildman–Crippen MR) is 121 cm³/mol. The molecule has 1 fully saturated rings. The lowest BCUT2D eigenvalue weighted by Gasteiger charge is -2.45. The third-order valence-corrected chi connectivity index (χ3v) is 6.00. The molecule has 0 radical (unpaired) electrons. The van der Waals surface area contributed by atoms with Crippen LogP contribution in [0.3, 0.4) is 0 Å².